The van der Waals surface area contributed by atoms with Crippen molar-refractivity contribution in [2.45, 2.75) is 44.4 Å². The van der Waals surface area contributed by atoms with Crippen molar-refractivity contribution in [1.29, 1.82) is 0 Å². The molecule has 5 rings (SSSR count). The Morgan fingerprint density at radius 1 is 1.31 bits per heavy atom. The van der Waals surface area contributed by atoms with Crippen molar-refractivity contribution in [3.8, 4) is 0 Å². The molecule has 0 amide bonds. The minimum Gasteiger partial charge on any atom is -0.390 e. The maximum atomic E-state index is 10.9. The number of nitrogen functional groups attached to an aromatic ring is 1. The van der Waals surface area contributed by atoms with E-state index in [4.69, 9.17) is 5.73 Å². The van der Waals surface area contributed by atoms with Gasteiger partial charge in [-0.3, -0.25) is 0 Å². The highest BCUT2D eigenvalue weighted by Crippen LogP contribution is 2.69. The van der Waals surface area contributed by atoms with Gasteiger partial charge in [0.15, 0.2) is 0 Å². The molecule has 0 bridgehead atoms. The fourth-order valence-corrected chi connectivity index (χ4v) is 5.35. The molecule has 0 radical (unpaired) electrons. The molecule has 5 atom stereocenters. The molecule has 2 aliphatic carbocycles. The summed E-state index contributed by atoms with van der Waals surface area (Å²) >= 11 is 0. The molecule has 6 nitrogen and oxygen atoms in total. The summed E-state index contributed by atoms with van der Waals surface area (Å²) in [5.74, 6) is 1.54. The third-order valence-corrected chi connectivity index (χ3v) is 7.08. The molecule has 0 aliphatic heterocycles. The van der Waals surface area contributed by atoms with E-state index in [1.54, 1.807) is 0 Å². The predicted octanol–water partition coefficient (Wildman–Crippen LogP) is 3.17. The van der Waals surface area contributed by atoms with Crippen LogP contribution in [0.2, 0.25) is 0 Å². The van der Waals surface area contributed by atoms with Gasteiger partial charge >= 0.3 is 0 Å². The highest BCUT2D eigenvalue weighted by molar-refractivity contribution is 5.82. The lowest BCUT2D eigenvalue weighted by molar-refractivity contribution is -0.0194. The number of aliphatic hydroxyl groups is 2. The third kappa shape index (κ3) is 2.70. The zero-order chi connectivity index (χ0) is 20.3. The summed E-state index contributed by atoms with van der Waals surface area (Å²) in [5.41, 5.74) is 8.79. The number of nitrogens with zero attached hydrogens (tertiary/aromatic N) is 3. The Bertz CT molecular complexity index is 1110. The molecule has 1 unspecified atom stereocenters. The van der Waals surface area contributed by atoms with Crippen LogP contribution in [0, 0.1) is 18.3 Å². The number of hydrogen-bond donors (Lipinski definition) is 3. The summed E-state index contributed by atoms with van der Waals surface area (Å²) in [6.45, 7) is 5.58. The Balaban J connectivity index is 1.37. The van der Waals surface area contributed by atoms with Crippen LogP contribution in [-0.2, 0) is 6.42 Å². The van der Waals surface area contributed by atoms with Crippen molar-refractivity contribution in [3.05, 3.63) is 53.7 Å². The number of nitrogens with two attached hydrogens (primary N) is 1. The zero-order valence-electron chi connectivity index (χ0n) is 16.5. The average molecular weight is 390 g/mol. The van der Waals surface area contributed by atoms with E-state index in [-0.39, 0.29) is 17.4 Å². The lowest BCUT2D eigenvalue weighted by Crippen LogP contribution is -2.34. The molecule has 2 aromatic heterocycles. The molecule has 3 aromatic rings. The second-order valence-electron chi connectivity index (χ2n) is 8.62. The van der Waals surface area contributed by atoms with Crippen LogP contribution in [0.3, 0.4) is 0 Å². The summed E-state index contributed by atoms with van der Waals surface area (Å²) in [4.78, 5) is 8.55. The molecule has 2 saturated carbocycles. The third-order valence-electron chi connectivity index (χ3n) is 7.08. The van der Waals surface area contributed by atoms with Crippen molar-refractivity contribution in [1.82, 2.24) is 9.55 Å². The molecular weight excluding hydrogens is 364 g/mol. The largest absolute Gasteiger partial charge is 0.390 e. The maximum Gasteiger partial charge on any atom is 0.132 e. The molecule has 1 aromatic carbocycles. The number of aliphatic hydroxyl groups excluding tert-OH is 2. The fourth-order valence-electron chi connectivity index (χ4n) is 5.35. The first-order chi connectivity index (χ1) is 13.9. The van der Waals surface area contributed by atoms with Gasteiger partial charge in [-0.2, -0.15) is 0 Å². The molecule has 2 aliphatic rings. The van der Waals surface area contributed by atoms with E-state index in [0.717, 1.165) is 41.5 Å². The van der Waals surface area contributed by atoms with E-state index in [1.807, 2.05) is 29.8 Å². The number of fused-ring (bicyclic) bond motifs is 2. The molecule has 4 N–H and O–H groups in total. The van der Waals surface area contributed by atoms with Gasteiger partial charge in [-0.15, -0.1) is 0 Å². The number of pyridine rings is 1. The van der Waals surface area contributed by atoms with Crippen molar-refractivity contribution < 1.29 is 10.2 Å². The average Bonchev–Trinajstić information content (AvgIpc) is 3.15. The van der Waals surface area contributed by atoms with E-state index < -0.39 is 12.2 Å². The van der Waals surface area contributed by atoms with Crippen LogP contribution in [0.25, 0.3) is 10.9 Å². The standard InChI is InChI=1S/C23H26N4O2/c1-13-10-15-6-5-14(11-17(15)26-22(13)24)7-8-23-12-16(23)19(20(28)21(23)29)27-9-3-4-18(27)25-2/h3-6,9-11,16,19-21,28-29H,2,7-8,12H2,1H3,(H2,24,26)/t16-,19-,20+,21+,23?/m1/s1. The molecule has 0 saturated heterocycles. The molecule has 29 heavy (non-hydrogen) atoms. The Morgan fingerprint density at radius 3 is 2.93 bits per heavy atom. The highest BCUT2D eigenvalue weighted by atomic mass is 16.3. The molecule has 2 fully saturated rings. The number of rotatable bonds is 5. The first-order valence-electron chi connectivity index (χ1n) is 10.1. The molecule has 6 heteroatoms. The van der Waals surface area contributed by atoms with Crippen LogP contribution in [0.5, 0.6) is 0 Å². The van der Waals surface area contributed by atoms with E-state index >= 15 is 0 Å². The van der Waals surface area contributed by atoms with Gasteiger partial charge in [0.05, 0.1) is 17.7 Å². The van der Waals surface area contributed by atoms with E-state index in [2.05, 4.69) is 41.0 Å². The quantitative estimate of drug-likeness (QED) is 0.583. The van der Waals surface area contributed by atoms with E-state index in [9.17, 15) is 10.2 Å². The highest BCUT2D eigenvalue weighted by Gasteiger charge is 2.70. The summed E-state index contributed by atoms with van der Waals surface area (Å²) in [7, 11) is 0. The predicted molar refractivity (Wildman–Crippen MR) is 114 cm³/mol. The number of anilines is 1. The number of aliphatic imine (C=N–C) groups is 1. The molecule has 2 heterocycles. The van der Waals surface area contributed by atoms with Crippen LogP contribution in [-0.4, -0.2) is 38.7 Å². The number of benzene rings is 1. The smallest absolute Gasteiger partial charge is 0.132 e. The zero-order valence-corrected chi connectivity index (χ0v) is 16.5. The summed E-state index contributed by atoms with van der Waals surface area (Å²) in [6.07, 6.45) is 2.98. The topological polar surface area (TPSA) is 96.7 Å². The second-order valence-corrected chi connectivity index (χ2v) is 8.62. The normalized spacial score (nSPS) is 30.4. The van der Waals surface area contributed by atoms with Crippen molar-refractivity contribution in [2.75, 3.05) is 5.73 Å². The Labute approximate surface area is 169 Å². The van der Waals surface area contributed by atoms with Crippen molar-refractivity contribution in [2.24, 2.45) is 16.3 Å². The lowest BCUT2D eigenvalue weighted by Gasteiger charge is -2.25. The van der Waals surface area contributed by atoms with E-state index in [1.165, 1.54) is 5.56 Å². The summed E-state index contributed by atoms with van der Waals surface area (Å²) in [5, 5.41) is 22.7. The van der Waals surface area contributed by atoms with Gasteiger partial charge in [0, 0.05) is 17.0 Å². The minimum absolute atomic E-state index is 0.151. The SMILES string of the molecule is C=Nc1cccn1[C@H]1[C@H](O)[C@H](O)C2(CCc3ccc4cc(C)c(N)nc4c3)C[C@H]12. The van der Waals surface area contributed by atoms with Gasteiger partial charge in [0.1, 0.15) is 17.7 Å². The van der Waals surface area contributed by atoms with Gasteiger partial charge in [-0.05, 0) is 74.2 Å². The summed E-state index contributed by atoms with van der Waals surface area (Å²) in [6, 6.07) is 12.0. The van der Waals surface area contributed by atoms with Gasteiger partial charge in [-0.1, -0.05) is 12.1 Å². The van der Waals surface area contributed by atoms with Crippen LogP contribution >= 0.6 is 0 Å². The number of aryl methyl sites for hydroxylation is 2. The lowest BCUT2D eigenvalue weighted by atomic mass is 9.91. The van der Waals surface area contributed by atoms with Crippen LogP contribution < -0.4 is 5.73 Å². The van der Waals surface area contributed by atoms with Crippen LogP contribution in [0.1, 0.15) is 30.0 Å². The van der Waals surface area contributed by atoms with Crippen molar-refractivity contribution >= 4 is 29.3 Å². The monoisotopic (exact) mass is 390 g/mol. The van der Waals surface area contributed by atoms with Gasteiger partial charge in [-0.25, -0.2) is 9.98 Å². The maximum absolute atomic E-state index is 10.9. The number of aromatic nitrogens is 2. The van der Waals surface area contributed by atoms with Gasteiger partial charge < -0.3 is 20.5 Å². The second kappa shape index (κ2) is 6.40. The Hall–Kier alpha value is -2.70. The first-order valence-corrected chi connectivity index (χ1v) is 10.1. The van der Waals surface area contributed by atoms with Gasteiger partial charge in [0.2, 0.25) is 0 Å². The van der Waals surface area contributed by atoms with Crippen molar-refractivity contribution in [3.63, 3.8) is 0 Å². The summed E-state index contributed by atoms with van der Waals surface area (Å²) < 4.78 is 1.96. The molecule has 0 spiro atoms. The minimum atomic E-state index is -0.789. The molecule has 150 valence electrons. The number of hydrogen-bond acceptors (Lipinski definition) is 5. The van der Waals surface area contributed by atoms with Crippen LogP contribution in [0.4, 0.5) is 11.6 Å². The Kier molecular flexibility index (Phi) is 4.05. The van der Waals surface area contributed by atoms with Gasteiger partial charge in [0.25, 0.3) is 0 Å². The Morgan fingerprint density at radius 2 is 2.14 bits per heavy atom. The fraction of sp³-hybridized carbons (Fsp3) is 0.391. The van der Waals surface area contributed by atoms with E-state index in [0.29, 0.717) is 5.82 Å². The van der Waals surface area contributed by atoms with Crippen LogP contribution in [0.15, 0.2) is 47.6 Å². The first kappa shape index (κ1) is 18.3. The molecular formula is C23H26N4O2.